The molecule has 0 radical (unpaired) electrons. The van der Waals surface area contributed by atoms with Crippen LogP contribution in [0.15, 0.2) is 53.5 Å². The van der Waals surface area contributed by atoms with Gasteiger partial charge < -0.3 is 9.47 Å². The fraction of sp³-hybridized carbons (Fsp3) is 0.519. The van der Waals surface area contributed by atoms with Gasteiger partial charge in [-0.15, -0.1) is 0 Å². The second kappa shape index (κ2) is 14.7. The highest BCUT2D eigenvalue weighted by molar-refractivity contribution is 5.82. The van der Waals surface area contributed by atoms with Gasteiger partial charge in [-0.25, -0.2) is 0 Å². The van der Waals surface area contributed by atoms with Crippen molar-refractivity contribution in [1.29, 1.82) is 0 Å². The molecule has 0 aliphatic carbocycles. The van der Waals surface area contributed by atoms with Crippen molar-refractivity contribution in [3.8, 4) is 11.5 Å². The average Bonchev–Trinajstić information content (AvgIpc) is 2.77. The lowest BCUT2D eigenvalue weighted by Gasteiger charge is -2.14. The maximum Gasteiger partial charge on any atom is 0.119 e. The highest BCUT2D eigenvalue weighted by Crippen LogP contribution is 2.20. The van der Waals surface area contributed by atoms with Gasteiger partial charge in [0.2, 0.25) is 0 Å². The fourth-order valence-corrected chi connectivity index (χ4v) is 3.28. The van der Waals surface area contributed by atoms with E-state index < -0.39 is 0 Å². The molecule has 0 aliphatic rings. The smallest absolute Gasteiger partial charge is 0.119 e. The van der Waals surface area contributed by atoms with Crippen LogP contribution in [0.4, 0.5) is 5.69 Å². The monoisotopic (exact) mass is 409 g/mol. The zero-order chi connectivity index (χ0) is 21.4. The van der Waals surface area contributed by atoms with E-state index >= 15 is 0 Å². The number of rotatable bonds is 15. The topological polar surface area (TPSA) is 30.8 Å². The van der Waals surface area contributed by atoms with Crippen LogP contribution in [0.2, 0.25) is 0 Å². The Morgan fingerprint density at radius 1 is 0.767 bits per heavy atom. The van der Waals surface area contributed by atoms with Gasteiger partial charge in [0, 0.05) is 6.21 Å². The highest BCUT2D eigenvalue weighted by Gasteiger charge is 2.04. The first kappa shape index (κ1) is 24.0. The van der Waals surface area contributed by atoms with Gasteiger partial charge in [-0.2, -0.15) is 0 Å². The van der Waals surface area contributed by atoms with E-state index in [-0.39, 0.29) is 6.10 Å². The predicted molar refractivity (Wildman–Crippen MR) is 129 cm³/mol. The highest BCUT2D eigenvalue weighted by atomic mass is 16.5. The third kappa shape index (κ3) is 9.96. The summed E-state index contributed by atoms with van der Waals surface area (Å²) in [5, 5.41) is 0. The molecule has 0 fully saturated rings. The Bertz CT molecular complexity index is 707. The Labute approximate surface area is 183 Å². The van der Waals surface area contributed by atoms with Crippen molar-refractivity contribution in [2.75, 3.05) is 6.61 Å². The number of nitrogens with zero attached hydrogens (tertiary/aromatic N) is 1. The van der Waals surface area contributed by atoms with Crippen LogP contribution in [0.5, 0.6) is 11.5 Å². The van der Waals surface area contributed by atoms with Crippen LogP contribution in [-0.2, 0) is 0 Å². The minimum absolute atomic E-state index is 0.258. The summed E-state index contributed by atoms with van der Waals surface area (Å²) in [6.07, 6.45) is 13.3. The Morgan fingerprint density at radius 2 is 1.40 bits per heavy atom. The quantitative estimate of drug-likeness (QED) is 0.219. The molecular formula is C27H39NO2. The van der Waals surface area contributed by atoms with Crippen molar-refractivity contribution in [3.05, 3.63) is 54.1 Å². The number of unbranched alkanes of at least 4 members (excludes halogenated alkanes) is 6. The van der Waals surface area contributed by atoms with Crippen LogP contribution in [0.1, 0.15) is 84.1 Å². The normalized spacial score (nSPS) is 12.2. The number of ether oxygens (including phenoxy) is 2. The molecule has 2 aromatic carbocycles. The van der Waals surface area contributed by atoms with E-state index in [1.807, 2.05) is 42.6 Å². The number of hydrogen-bond acceptors (Lipinski definition) is 3. The first-order valence-electron chi connectivity index (χ1n) is 11.7. The fourth-order valence-electron chi connectivity index (χ4n) is 3.28. The van der Waals surface area contributed by atoms with Crippen LogP contribution in [0, 0.1) is 0 Å². The molecule has 0 spiro atoms. The van der Waals surface area contributed by atoms with Gasteiger partial charge in [-0.1, -0.05) is 52.4 Å². The molecule has 0 N–H and O–H groups in total. The zero-order valence-corrected chi connectivity index (χ0v) is 19.1. The Kier molecular flexibility index (Phi) is 11.7. The third-order valence-corrected chi connectivity index (χ3v) is 5.15. The van der Waals surface area contributed by atoms with Crippen LogP contribution in [0.3, 0.4) is 0 Å². The molecule has 2 aromatic rings. The molecule has 0 heterocycles. The molecule has 30 heavy (non-hydrogen) atoms. The maximum atomic E-state index is 6.02. The average molecular weight is 410 g/mol. The summed E-state index contributed by atoms with van der Waals surface area (Å²) in [7, 11) is 0. The van der Waals surface area contributed by atoms with Crippen molar-refractivity contribution in [3.63, 3.8) is 0 Å². The van der Waals surface area contributed by atoms with Gasteiger partial charge in [0.15, 0.2) is 0 Å². The van der Waals surface area contributed by atoms with Crippen LogP contribution >= 0.6 is 0 Å². The molecule has 0 amide bonds. The second-order valence-corrected chi connectivity index (χ2v) is 8.01. The van der Waals surface area contributed by atoms with E-state index in [0.29, 0.717) is 0 Å². The lowest BCUT2D eigenvalue weighted by Crippen LogP contribution is -2.11. The van der Waals surface area contributed by atoms with E-state index in [2.05, 4.69) is 37.9 Å². The van der Waals surface area contributed by atoms with Gasteiger partial charge >= 0.3 is 0 Å². The van der Waals surface area contributed by atoms with Gasteiger partial charge in [-0.05, 0) is 80.3 Å². The molecule has 0 aliphatic heterocycles. The second-order valence-electron chi connectivity index (χ2n) is 8.01. The minimum Gasteiger partial charge on any atom is -0.494 e. The summed E-state index contributed by atoms with van der Waals surface area (Å²) in [5.74, 6) is 1.84. The summed E-state index contributed by atoms with van der Waals surface area (Å²) in [4.78, 5) is 4.57. The molecule has 0 bridgehead atoms. The van der Waals surface area contributed by atoms with E-state index in [0.717, 1.165) is 42.2 Å². The summed E-state index contributed by atoms with van der Waals surface area (Å²) >= 11 is 0. The molecule has 3 heteroatoms. The molecule has 0 saturated carbocycles. The number of aliphatic imine (C=N–C) groups is 1. The Morgan fingerprint density at radius 3 is 2.07 bits per heavy atom. The first-order valence-corrected chi connectivity index (χ1v) is 11.7. The van der Waals surface area contributed by atoms with Crippen molar-refractivity contribution in [1.82, 2.24) is 0 Å². The lowest BCUT2D eigenvalue weighted by atomic mass is 10.1. The molecule has 0 saturated heterocycles. The maximum absolute atomic E-state index is 6.02. The van der Waals surface area contributed by atoms with E-state index in [1.165, 1.54) is 44.9 Å². The summed E-state index contributed by atoms with van der Waals surface area (Å²) in [6.45, 7) is 7.40. The number of benzene rings is 2. The van der Waals surface area contributed by atoms with Gasteiger partial charge in [0.25, 0.3) is 0 Å². The molecule has 0 aromatic heterocycles. The van der Waals surface area contributed by atoms with E-state index in [4.69, 9.17) is 9.47 Å². The van der Waals surface area contributed by atoms with Crippen LogP contribution < -0.4 is 9.47 Å². The molecule has 0 unspecified atom stereocenters. The largest absolute Gasteiger partial charge is 0.494 e. The van der Waals surface area contributed by atoms with Crippen LogP contribution in [-0.4, -0.2) is 18.9 Å². The van der Waals surface area contributed by atoms with Gasteiger partial charge in [0.05, 0.1) is 18.4 Å². The van der Waals surface area contributed by atoms with Crippen molar-refractivity contribution in [2.24, 2.45) is 4.99 Å². The summed E-state index contributed by atoms with van der Waals surface area (Å²) < 4.78 is 11.8. The van der Waals surface area contributed by atoms with E-state index in [1.54, 1.807) is 0 Å². The SMILES string of the molecule is CCCCCCOc1ccc(N=Cc2ccc(O[C@H](C)CCCCCC)cc2)cc1. The third-order valence-electron chi connectivity index (χ3n) is 5.15. The van der Waals surface area contributed by atoms with Crippen molar-refractivity contribution in [2.45, 2.75) is 84.7 Å². The molecule has 2 rings (SSSR count). The van der Waals surface area contributed by atoms with Crippen LogP contribution in [0.25, 0.3) is 0 Å². The molecular weight excluding hydrogens is 370 g/mol. The summed E-state index contributed by atoms with van der Waals surface area (Å²) in [6, 6.07) is 16.1. The van der Waals surface area contributed by atoms with Gasteiger partial charge in [-0.3, -0.25) is 4.99 Å². The molecule has 3 nitrogen and oxygen atoms in total. The molecule has 164 valence electrons. The van der Waals surface area contributed by atoms with E-state index in [9.17, 15) is 0 Å². The van der Waals surface area contributed by atoms with Gasteiger partial charge in [0.1, 0.15) is 11.5 Å². The van der Waals surface area contributed by atoms with Crippen molar-refractivity contribution >= 4 is 11.9 Å². The first-order chi connectivity index (χ1) is 14.7. The standard InChI is InChI=1S/C27H39NO2/c1-4-6-8-10-12-23(3)30-27-17-13-24(14-18-27)22-28-25-15-19-26(20-16-25)29-21-11-9-7-5-2/h13-20,22-23H,4-12,21H2,1-3H3/t23-/m1/s1. The Hall–Kier alpha value is -2.29. The number of hydrogen-bond donors (Lipinski definition) is 0. The van der Waals surface area contributed by atoms with Crippen molar-refractivity contribution < 1.29 is 9.47 Å². The zero-order valence-electron chi connectivity index (χ0n) is 19.1. The Balaban J connectivity index is 1.75. The predicted octanol–water partition coefficient (Wildman–Crippen LogP) is 8.13. The summed E-state index contributed by atoms with van der Waals surface area (Å²) in [5.41, 5.74) is 1.99. The lowest BCUT2D eigenvalue weighted by molar-refractivity contribution is 0.206. The minimum atomic E-state index is 0.258. The molecule has 1 atom stereocenters.